The molecule has 1 aliphatic heterocycles. The summed E-state index contributed by atoms with van der Waals surface area (Å²) >= 11 is 2.35. The third kappa shape index (κ3) is 4.44. The maximum atomic E-state index is 5.93. The van der Waals surface area contributed by atoms with E-state index in [9.17, 15) is 0 Å². The van der Waals surface area contributed by atoms with Crippen molar-refractivity contribution in [3.63, 3.8) is 0 Å². The molecule has 0 bridgehead atoms. The molecule has 1 aliphatic rings. The van der Waals surface area contributed by atoms with Crippen LogP contribution in [-0.2, 0) is 13.2 Å². The molecular formula is C18H21IN2O. The van der Waals surface area contributed by atoms with E-state index in [-0.39, 0.29) is 0 Å². The van der Waals surface area contributed by atoms with Gasteiger partial charge >= 0.3 is 0 Å². The van der Waals surface area contributed by atoms with E-state index >= 15 is 0 Å². The molecule has 1 saturated heterocycles. The Morgan fingerprint density at radius 2 is 2.00 bits per heavy atom. The lowest BCUT2D eigenvalue weighted by Crippen LogP contribution is -2.47. The molecule has 1 heterocycles. The maximum Gasteiger partial charge on any atom is 0.120 e. The Balaban J connectivity index is 1.51. The summed E-state index contributed by atoms with van der Waals surface area (Å²) in [7, 11) is 0. The van der Waals surface area contributed by atoms with Crippen LogP contribution >= 0.6 is 22.6 Å². The summed E-state index contributed by atoms with van der Waals surface area (Å²) in [5.41, 5.74) is 2.50. The van der Waals surface area contributed by atoms with Crippen molar-refractivity contribution in [3.8, 4) is 5.75 Å². The van der Waals surface area contributed by atoms with E-state index in [1.54, 1.807) is 0 Å². The van der Waals surface area contributed by atoms with Crippen LogP contribution in [0.2, 0.25) is 0 Å². The molecule has 1 fully saturated rings. The molecule has 0 atom stereocenters. The SMILES string of the molecule is Ic1ccccc1COc1cccc(CNCC2CNC2)c1. The number of nitrogens with one attached hydrogen (secondary N) is 2. The van der Waals surface area contributed by atoms with Gasteiger partial charge in [-0.15, -0.1) is 0 Å². The van der Waals surface area contributed by atoms with E-state index in [1.807, 2.05) is 6.07 Å². The van der Waals surface area contributed by atoms with Crippen LogP contribution in [0.25, 0.3) is 0 Å². The Morgan fingerprint density at radius 3 is 2.77 bits per heavy atom. The Labute approximate surface area is 145 Å². The minimum Gasteiger partial charge on any atom is -0.489 e. The number of rotatable bonds is 7. The molecule has 3 rings (SSSR count). The number of benzene rings is 2. The lowest BCUT2D eigenvalue weighted by molar-refractivity contribution is 0.304. The van der Waals surface area contributed by atoms with Gasteiger partial charge < -0.3 is 15.4 Å². The van der Waals surface area contributed by atoms with Crippen LogP contribution in [0.5, 0.6) is 5.75 Å². The van der Waals surface area contributed by atoms with Gasteiger partial charge in [0.15, 0.2) is 0 Å². The van der Waals surface area contributed by atoms with Crippen LogP contribution in [-0.4, -0.2) is 19.6 Å². The van der Waals surface area contributed by atoms with Crippen molar-refractivity contribution < 1.29 is 4.74 Å². The molecule has 116 valence electrons. The molecule has 3 nitrogen and oxygen atoms in total. The van der Waals surface area contributed by atoms with E-state index in [1.165, 1.54) is 14.7 Å². The van der Waals surface area contributed by atoms with Gasteiger partial charge in [-0.25, -0.2) is 0 Å². The van der Waals surface area contributed by atoms with Crippen molar-refractivity contribution in [3.05, 3.63) is 63.2 Å². The molecule has 0 aromatic heterocycles. The first-order valence-electron chi connectivity index (χ1n) is 7.68. The summed E-state index contributed by atoms with van der Waals surface area (Å²) in [6, 6.07) is 16.7. The van der Waals surface area contributed by atoms with Gasteiger partial charge in [0.2, 0.25) is 0 Å². The van der Waals surface area contributed by atoms with Gasteiger partial charge in [-0.1, -0.05) is 30.3 Å². The van der Waals surface area contributed by atoms with Crippen molar-refractivity contribution in [2.45, 2.75) is 13.2 Å². The summed E-state index contributed by atoms with van der Waals surface area (Å²) < 4.78 is 7.17. The predicted molar refractivity (Wildman–Crippen MR) is 98.0 cm³/mol. The summed E-state index contributed by atoms with van der Waals surface area (Å²) in [5, 5.41) is 6.81. The lowest BCUT2D eigenvalue weighted by atomic mass is 10.0. The minimum absolute atomic E-state index is 0.615. The molecule has 2 N–H and O–H groups in total. The Hall–Kier alpha value is -1.11. The number of halogens is 1. The molecule has 2 aromatic carbocycles. The van der Waals surface area contributed by atoms with Gasteiger partial charge in [-0.05, 0) is 52.3 Å². The van der Waals surface area contributed by atoms with Crippen molar-refractivity contribution in [2.75, 3.05) is 19.6 Å². The second-order valence-corrected chi connectivity index (χ2v) is 6.84. The monoisotopic (exact) mass is 408 g/mol. The smallest absolute Gasteiger partial charge is 0.120 e. The molecule has 0 saturated carbocycles. The molecule has 0 amide bonds. The first-order valence-corrected chi connectivity index (χ1v) is 8.76. The fraction of sp³-hybridized carbons (Fsp3) is 0.333. The zero-order valence-electron chi connectivity index (χ0n) is 12.5. The number of hydrogen-bond donors (Lipinski definition) is 2. The number of ether oxygens (including phenoxy) is 1. The highest BCUT2D eigenvalue weighted by Gasteiger charge is 2.15. The Bertz CT molecular complexity index is 614. The minimum atomic E-state index is 0.615. The Kier molecular flexibility index (Phi) is 5.70. The molecule has 2 aromatic rings. The zero-order chi connectivity index (χ0) is 15.2. The molecule has 0 unspecified atom stereocenters. The van der Waals surface area contributed by atoms with Gasteiger partial charge in [0, 0.05) is 35.3 Å². The molecule has 0 spiro atoms. The molecule has 0 radical (unpaired) electrons. The zero-order valence-corrected chi connectivity index (χ0v) is 14.7. The summed E-state index contributed by atoms with van der Waals surface area (Å²) in [4.78, 5) is 0. The van der Waals surface area contributed by atoms with Crippen LogP contribution in [0.3, 0.4) is 0 Å². The van der Waals surface area contributed by atoms with Crippen LogP contribution in [0.1, 0.15) is 11.1 Å². The highest BCUT2D eigenvalue weighted by molar-refractivity contribution is 14.1. The molecule has 22 heavy (non-hydrogen) atoms. The maximum absolute atomic E-state index is 5.93. The van der Waals surface area contributed by atoms with Crippen LogP contribution in [0.4, 0.5) is 0 Å². The van der Waals surface area contributed by atoms with E-state index in [2.05, 4.69) is 75.7 Å². The average Bonchev–Trinajstić information content (AvgIpc) is 2.49. The molecule has 4 heteroatoms. The summed E-state index contributed by atoms with van der Waals surface area (Å²) in [6.07, 6.45) is 0. The molecular weight excluding hydrogens is 387 g/mol. The van der Waals surface area contributed by atoms with Crippen LogP contribution in [0, 0.1) is 9.49 Å². The van der Waals surface area contributed by atoms with Crippen molar-refractivity contribution in [1.82, 2.24) is 10.6 Å². The summed E-state index contributed by atoms with van der Waals surface area (Å²) in [5.74, 6) is 1.73. The van der Waals surface area contributed by atoms with Crippen LogP contribution < -0.4 is 15.4 Å². The molecule has 0 aliphatic carbocycles. The van der Waals surface area contributed by atoms with E-state index in [4.69, 9.17) is 4.74 Å². The van der Waals surface area contributed by atoms with Crippen molar-refractivity contribution >= 4 is 22.6 Å². The van der Waals surface area contributed by atoms with E-state index in [0.717, 1.165) is 37.8 Å². The highest BCUT2D eigenvalue weighted by atomic mass is 127. The van der Waals surface area contributed by atoms with E-state index in [0.29, 0.717) is 6.61 Å². The van der Waals surface area contributed by atoms with Gasteiger partial charge in [-0.2, -0.15) is 0 Å². The van der Waals surface area contributed by atoms with Crippen LogP contribution in [0.15, 0.2) is 48.5 Å². The number of hydrogen-bond acceptors (Lipinski definition) is 3. The fourth-order valence-electron chi connectivity index (χ4n) is 2.44. The average molecular weight is 408 g/mol. The van der Waals surface area contributed by atoms with Gasteiger partial charge in [-0.3, -0.25) is 0 Å². The second kappa shape index (κ2) is 7.94. The quantitative estimate of drug-likeness (QED) is 0.691. The normalized spacial score (nSPS) is 14.6. The fourth-order valence-corrected chi connectivity index (χ4v) is 2.98. The topological polar surface area (TPSA) is 33.3 Å². The van der Waals surface area contributed by atoms with Gasteiger partial charge in [0.1, 0.15) is 12.4 Å². The second-order valence-electron chi connectivity index (χ2n) is 5.68. The largest absolute Gasteiger partial charge is 0.489 e. The van der Waals surface area contributed by atoms with Crippen molar-refractivity contribution in [2.24, 2.45) is 5.92 Å². The Morgan fingerprint density at radius 1 is 1.14 bits per heavy atom. The van der Waals surface area contributed by atoms with Crippen molar-refractivity contribution in [1.29, 1.82) is 0 Å². The lowest BCUT2D eigenvalue weighted by Gasteiger charge is -2.27. The third-order valence-electron chi connectivity index (χ3n) is 3.88. The predicted octanol–water partition coefficient (Wildman–Crippen LogP) is 3.18. The van der Waals surface area contributed by atoms with Gasteiger partial charge in [0.05, 0.1) is 0 Å². The first-order chi connectivity index (χ1) is 10.8. The highest BCUT2D eigenvalue weighted by Crippen LogP contribution is 2.18. The van der Waals surface area contributed by atoms with Gasteiger partial charge in [0.25, 0.3) is 0 Å². The van der Waals surface area contributed by atoms with E-state index < -0.39 is 0 Å². The standard InChI is InChI=1S/C18H21IN2O/c19-18-7-2-1-5-16(18)13-22-17-6-3-4-14(8-17)9-20-10-15-11-21-12-15/h1-8,15,20-21H,9-13H2. The third-order valence-corrected chi connectivity index (χ3v) is 4.93. The summed E-state index contributed by atoms with van der Waals surface area (Å²) in [6.45, 7) is 4.89. The first kappa shape index (κ1) is 15.8.